The molecule has 4 aromatic rings. The van der Waals surface area contributed by atoms with Gasteiger partial charge in [-0.15, -0.1) is 0 Å². The third-order valence-electron chi connectivity index (χ3n) is 5.31. The molecule has 0 bridgehead atoms. The Morgan fingerprint density at radius 1 is 1.06 bits per heavy atom. The highest BCUT2D eigenvalue weighted by atomic mass is 19.1. The number of amides is 1. The molecule has 0 saturated heterocycles. The van der Waals surface area contributed by atoms with E-state index in [0.717, 1.165) is 22.6 Å². The Kier molecular flexibility index (Phi) is 6.83. The van der Waals surface area contributed by atoms with Crippen molar-refractivity contribution in [1.29, 1.82) is 0 Å². The van der Waals surface area contributed by atoms with Crippen LogP contribution < -0.4 is 14.8 Å². The van der Waals surface area contributed by atoms with Gasteiger partial charge in [-0.05, 0) is 48.4 Å². The second-order valence-electron chi connectivity index (χ2n) is 7.56. The van der Waals surface area contributed by atoms with Gasteiger partial charge in [0.05, 0.1) is 20.8 Å². The van der Waals surface area contributed by atoms with Crippen LogP contribution in [0.3, 0.4) is 0 Å². The zero-order chi connectivity index (χ0) is 23.2. The van der Waals surface area contributed by atoms with Crippen LogP contribution in [0.1, 0.15) is 24.2 Å². The van der Waals surface area contributed by atoms with Crippen LogP contribution in [0.4, 0.5) is 10.1 Å². The molecule has 0 atom stereocenters. The molecule has 1 N–H and O–H groups in total. The fraction of sp³-hybridized carbons (Fsp3) is 0.240. The van der Waals surface area contributed by atoms with E-state index in [2.05, 4.69) is 10.3 Å². The first-order valence-corrected chi connectivity index (χ1v) is 10.6. The number of fused-ring (bicyclic) bond motifs is 1. The minimum atomic E-state index is -0.270. The molecule has 0 aliphatic heterocycles. The molecule has 4 rings (SSSR count). The number of rotatable bonds is 9. The highest BCUT2D eigenvalue weighted by Gasteiger charge is 2.13. The number of hydrogen-bond acceptors (Lipinski definition) is 5. The molecule has 0 spiro atoms. The van der Waals surface area contributed by atoms with Crippen LogP contribution in [-0.4, -0.2) is 34.7 Å². The summed E-state index contributed by atoms with van der Waals surface area (Å²) in [5.41, 5.74) is 3.16. The fourth-order valence-corrected chi connectivity index (χ4v) is 3.68. The Morgan fingerprint density at radius 2 is 1.85 bits per heavy atom. The Bertz CT molecular complexity index is 1250. The molecule has 0 radical (unpaired) electrons. The van der Waals surface area contributed by atoms with Crippen LogP contribution in [0.25, 0.3) is 11.2 Å². The van der Waals surface area contributed by atoms with Gasteiger partial charge in [0.2, 0.25) is 5.91 Å². The minimum absolute atomic E-state index is 0.0958. The standard InChI is InChI=1S/C25H25FN4O3/c1-32-21-13-12-19(15-22(21)33-2)28-24(31)7-3-6-23-29-20-5-4-14-27-25(20)30(23)16-17-8-10-18(26)11-9-17/h4-5,8-15H,3,6-7,16H2,1-2H3,(H,28,31). The number of carbonyl (C=O) groups is 1. The number of nitrogens with zero attached hydrogens (tertiary/aromatic N) is 3. The number of pyridine rings is 1. The Hall–Kier alpha value is -3.94. The van der Waals surface area contributed by atoms with Crippen LogP contribution >= 0.6 is 0 Å². The van der Waals surface area contributed by atoms with Gasteiger partial charge in [0.1, 0.15) is 17.2 Å². The van der Waals surface area contributed by atoms with Gasteiger partial charge >= 0.3 is 0 Å². The van der Waals surface area contributed by atoms with Crippen LogP contribution in [0.5, 0.6) is 11.5 Å². The maximum absolute atomic E-state index is 13.3. The summed E-state index contributed by atoms with van der Waals surface area (Å²) in [6.45, 7) is 0.529. The van der Waals surface area contributed by atoms with Crippen LogP contribution in [0.15, 0.2) is 60.8 Å². The molecule has 2 aromatic heterocycles. The summed E-state index contributed by atoms with van der Waals surface area (Å²) < 4.78 is 25.8. The van der Waals surface area contributed by atoms with Gasteiger partial charge in [0.25, 0.3) is 0 Å². The van der Waals surface area contributed by atoms with Gasteiger partial charge in [-0.1, -0.05) is 12.1 Å². The van der Waals surface area contributed by atoms with Crippen molar-refractivity contribution in [2.24, 2.45) is 0 Å². The molecule has 0 fully saturated rings. The smallest absolute Gasteiger partial charge is 0.224 e. The maximum atomic E-state index is 13.3. The summed E-state index contributed by atoms with van der Waals surface area (Å²) >= 11 is 0. The first-order chi connectivity index (χ1) is 16.1. The summed E-state index contributed by atoms with van der Waals surface area (Å²) in [6.07, 6.45) is 3.29. The van der Waals surface area contributed by atoms with Crippen molar-refractivity contribution in [2.45, 2.75) is 25.8 Å². The zero-order valence-electron chi connectivity index (χ0n) is 18.5. The predicted octanol–water partition coefficient (Wildman–Crippen LogP) is 4.60. The number of anilines is 1. The lowest BCUT2D eigenvalue weighted by molar-refractivity contribution is -0.116. The Labute approximate surface area is 191 Å². The van der Waals surface area contributed by atoms with Crippen LogP contribution in [0.2, 0.25) is 0 Å². The van der Waals surface area contributed by atoms with E-state index >= 15 is 0 Å². The molecular weight excluding hydrogens is 423 g/mol. The topological polar surface area (TPSA) is 78.3 Å². The molecule has 33 heavy (non-hydrogen) atoms. The van der Waals surface area contributed by atoms with Crippen molar-refractivity contribution in [3.8, 4) is 11.5 Å². The Balaban J connectivity index is 1.43. The van der Waals surface area contributed by atoms with E-state index in [-0.39, 0.29) is 11.7 Å². The lowest BCUT2D eigenvalue weighted by Crippen LogP contribution is -2.12. The van der Waals surface area contributed by atoms with E-state index in [4.69, 9.17) is 14.5 Å². The summed E-state index contributed by atoms with van der Waals surface area (Å²) in [6, 6.07) is 15.4. The van der Waals surface area contributed by atoms with E-state index in [1.165, 1.54) is 12.1 Å². The third kappa shape index (κ3) is 5.28. The maximum Gasteiger partial charge on any atom is 0.224 e. The lowest BCUT2D eigenvalue weighted by Gasteiger charge is -2.11. The number of benzene rings is 2. The molecule has 0 unspecified atom stereocenters. The van der Waals surface area contributed by atoms with Gasteiger partial charge in [-0.25, -0.2) is 14.4 Å². The molecular formula is C25H25FN4O3. The van der Waals surface area contributed by atoms with Crippen LogP contribution in [0, 0.1) is 5.82 Å². The van der Waals surface area contributed by atoms with Gasteiger partial charge in [0.15, 0.2) is 17.1 Å². The molecule has 2 aromatic carbocycles. The summed E-state index contributed by atoms with van der Waals surface area (Å²) in [4.78, 5) is 21.7. The number of hydrogen-bond donors (Lipinski definition) is 1. The largest absolute Gasteiger partial charge is 0.493 e. The summed E-state index contributed by atoms with van der Waals surface area (Å²) in [7, 11) is 3.12. The molecule has 170 valence electrons. The second-order valence-corrected chi connectivity index (χ2v) is 7.56. The molecule has 8 heteroatoms. The average molecular weight is 448 g/mol. The number of aryl methyl sites for hydroxylation is 1. The van der Waals surface area contributed by atoms with Gasteiger partial charge in [0, 0.05) is 30.8 Å². The number of aromatic nitrogens is 3. The van der Waals surface area contributed by atoms with Crippen molar-refractivity contribution in [1.82, 2.24) is 14.5 Å². The molecule has 0 saturated carbocycles. The van der Waals surface area contributed by atoms with Crippen LogP contribution in [-0.2, 0) is 17.8 Å². The number of carbonyl (C=O) groups excluding carboxylic acids is 1. The molecule has 2 heterocycles. The van der Waals surface area contributed by atoms with E-state index in [9.17, 15) is 9.18 Å². The number of halogens is 1. The van der Waals surface area contributed by atoms with E-state index in [1.54, 1.807) is 50.7 Å². The highest BCUT2D eigenvalue weighted by molar-refractivity contribution is 5.91. The zero-order valence-corrected chi connectivity index (χ0v) is 18.5. The predicted molar refractivity (Wildman–Crippen MR) is 124 cm³/mol. The number of imidazole rings is 1. The van der Waals surface area contributed by atoms with Crippen molar-refractivity contribution in [2.75, 3.05) is 19.5 Å². The van der Waals surface area contributed by atoms with Gasteiger partial charge in [-0.2, -0.15) is 0 Å². The quantitative estimate of drug-likeness (QED) is 0.405. The number of nitrogens with one attached hydrogen (secondary N) is 1. The first-order valence-electron chi connectivity index (χ1n) is 10.6. The van der Waals surface area contributed by atoms with E-state index in [0.29, 0.717) is 43.0 Å². The van der Waals surface area contributed by atoms with Crippen molar-refractivity contribution < 1.29 is 18.7 Å². The van der Waals surface area contributed by atoms with E-state index in [1.807, 2.05) is 16.7 Å². The summed E-state index contributed by atoms with van der Waals surface area (Å²) in [5.74, 6) is 1.63. The Morgan fingerprint density at radius 3 is 2.61 bits per heavy atom. The average Bonchev–Trinajstić information content (AvgIpc) is 3.17. The fourth-order valence-electron chi connectivity index (χ4n) is 3.68. The molecule has 7 nitrogen and oxygen atoms in total. The van der Waals surface area contributed by atoms with Crippen molar-refractivity contribution >= 4 is 22.8 Å². The van der Waals surface area contributed by atoms with Crippen molar-refractivity contribution in [3.63, 3.8) is 0 Å². The molecule has 0 aliphatic carbocycles. The monoisotopic (exact) mass is 448 g/mol. The minimum Gasteiger partial charge on any atom is -0.493 e. The lowest BCUT2D eigenvalue weighted by atomic mass is 10.2. The van der Waals surface area contributed by atoms with Crippen molar-refractivity contribution in [3.05, 3.63) is 78.0 Å². The molecule has 0 aliphatic rings. The molecule has 1 amide bonds. The number of ether oxygens (including phenoxy) is 2. The highest BCUT2D eigenvalue weighted by Crippen LogP contribution is 2.29. The van der Waals surface area contributed by atoms with Gasteiger partial charge < -0.3 is 19.4 Å². The van der Waals surface area contributed by atoms with Gasteiger partial charge in [-0.3, -0.25) is 4.79 Å². The number of methoxy groups -OCH3 is 2. The second kappa shape index (κ2) is 10.1. The van der Waals surface area contributed by atoms with E-state index < -0.39 is 0 Å². The summed E-state index contributed by atoms with van der Waals surface area (Å²) in [5, 5.41) is 2.89. The third-order valence-corrected chi connectivity index (χ3v) is 5.31. The first kappa shape index (κ1) is 22.3. The SMILES string of the molecule is COc1ccc(NC(=O)CCCc2nc3cccnc3n2Cc2ccc(F)cc2)cc1OC. The normalized spacial score (nSPS) is 10.9.